The van der Waals surface area contributed by atoms with Gasteiger partial charge in [-0.25, -0.2) is 10.2 Å². The number of benzene rings is 2. The van der Waals surface area contributed by atoms with Gasteiger partial charge in [-0.05, 0) is 42.7 Å². The number of hydrogen-bond donors (Lipinski definition) is 2. The highest BCUT2D eigenvalue weighted by molar-refractivity contribution is 6.30. The van der Waals surface area contributed by atoms with Crippen molar-refractivity contribution in [2.75, 3.05) is 5.43 Å². The van der Waals surface area contributed by atoms with Crippen LogP contribution in [0.3, 0.4) is 0 Å². The summed E-state index contributed by atoms with van der Waals surface area (Å²) in [7, 11) is 1.57. The lowest BCUT2D eigenvalue weighted by molar-refractivity contribution is 0.804. The molecule has 2 aromatic carbocycles. The zero-order chi connectivity index (χ0) is 22.1. The lowest BCUT2D eigenvalue weighted by Crippen LogP contribution is -2.29. The van der Waals surface area contributed by atoms with Gasteiger partial charge < -0.3 is 0 Å². The highest BCUT2D eigenvalue weighted by atomic mass is 35.5. The zero-order valence-corrected chi connectivity index (χ0v) is 18.1. The Morgan fingerprint density at radius 1 is 1.16 bits per heavy atom. The van der Waals surface area contributed by atoms with Crippen LogP contribution in [0.2, 0.25) is 5.02 Å². The molecule has 0 atom stereocenters. The number of hydrazone groups is 1. The first-order valence-electron chi connectivity index (χ1n) is 9.64. The number of aromatic amines is 1. The summed E-state index contributed by atoms with van der Waals surface area (Å²) < 4.78 is 3.04. The molecule has 0 aliphatic rings. The first kappa shape index (κ1) is 20.6. The molecule has 0 aliphatic heterocycles. The average molecular weight is 437 g/mol. The van der Waals surface area contributed by atoms with Crippen molar-refractivity contribution in [3.8, 4) is 0 Å². The van der Waals surface area contributed by atoms with E-state index < -0.39 is 11.2 Å². The van der Waals surface area contributed by atoms with Crippen LogP contribution in [0.15, 0.2) is 57.2 Å². The lowest BCUT2D eigenvalue weighted by Gasteiger charge is -2.11. The first-order chi connectivity index (χ1) is 14.8. The summed E-state index contributed by atoms with van der Waals surface area (Å²) in [5.74, 6) is 0.354. The molecule has 8 nitrogen and oxygen atoms in total. The van der Waals surface area contributed by atoms with Crippen LogP contribution in [0.4, 0.5) is 5.95 Å². The maximum Gasteiger partial charge on any atom is 0.329 e. The second-order valence-corrected chi connectivity index (χ2v) is 7.80. The van der Waals surface area contributed by atoms with Gasteiger partial charge in [0.1, 0.15) is 0 Å². The molecule has 2 aromatic heterocycles. The highest BCUT2D eigenvalue weighted by Crippen LogP contribution is 2.20. The van der Waals surface area contributed by atoms with Gasteiger partial charge >= 0.3 is 5.69 Å². The first-order valence-corrected chi connectivity index (χ1v) is 10.0. The summed E-state index contributed by atoms with van der Waals surface area (Å²) in [4.78, 5) is 31.5. The van der Waals surface area contributed by atoms with Gasteiger partial charge in [-0.15, -0.1) is 0 Å². The van der Waals surface area contributed by atoms with Gasteiger partial charge in [0.05, 0.1) is 12.8 Å². The second kappa shape index (κ2) is 8.23. The molecule has 31 heavy (non-hydrogen) atoms. The number of H-pyrrole nitrogens is 1. The van der Waals surface area contributed by atoms with Crippen LogP contribution >= 0.6 is 11.6 Å². The number of rotatable bonds is 5. The summed E-state index contributed by atoms with van der Waals surface area (Å²) in [6.07, 6.45) is 1.63. The summed E-state index contributed by atoms with van der Waals surface area (Å²) in [5, 5.41) is 4.90. The molecule has 2 N–H and O–H groups in total. The van der Waals surface area contributed by atoms with Gasteiger partial charge in [0.25, 0.3) is 5.56 Å². The molecule has 0 saturated carbocycles. The molecular formula is C22H21ClN6O2. The molecule has 0 saturated heterocycles. The summed E-state index contributed by atoms with van der Waals surface area (Å²) in [5.41, 5.74) is 6.56. The van der Waals surface area contributed by atoms with Crippen LogP contribution in [-0.4, -0.2) is 25.3 Å². The number of fused-ring (bicyclic) bond motifs is 1. The van der Waals surface area contributed by atoms with Gasteiger partial charge in [0, 0.05) is 12.1 Å². The molecule has 0 fully saturated rings. The molecular weight excluding hydrogens is 416 g/mol. The van der Waals surface area contributed by atoms with Crippen molar-refractivity contribution in [3.63, 3.8) is 0 Å². The third-order valence-corrected chi connectivity index (χ3v) is 5.34. The molecule has 0 unspecified atom stereocenters. The van der Waals surface area contributed by atoms with Gasteiger partial charge in [0.2, 0.25) is 5.95 Å². The Balaban J connectivity index is 1.80. The summed E-state index contributed by atoms with van der Waals surface area (Å²) >= 11 is 5.92. The maximum atomic E-state index is 12.6. The van der Waals surface area contributed by atoms with Crippen molar-refractivity contribution >= 4 is 34.9 Å². The van der Waals surface area contributed by atoms with E-state index in [9.17, 15) is 9.59 Å². The van der Waals surface area contributed by atoms with Crippen molar-refractivity contribution in [3.05, 3.63) is 90.6 Å². The number of halogens is 1. The van der Waals surface area contributed by atoms with Crippen molar-refractivity contribution in [2.45, 2.75) is 20.4 Å². The SMILES string of the molecule is Cc1ccc(C)c(Cn2c(NN=Cc3ccc(Cl)cc3)nc3c2c(=O)[nH]c(=O)n3C)c1. The van der Waals surface area contributed by atoms with E-state index in [0.717, 1.165) is 22.3 Å². The summed E-state index contributed by atoms with van der Waals surface area (Å²) in [6.45, 7) is 4.42. The van der Waals surface area contributed by atoms with Crippen LogP contribution in [-0.2, 0) is 13.6 Å². The predicted octanol–water partition coefficient (Wildman–Crippen LogP) is 3.19. The average Bonchev–Trinajstić information content (AvgIpc) is 3.09. The Bertz CT molecular complexity index is 1410. The fourth-order valence-corrected chi connectivity index (χ4v) is 3.45. The monoisotopic (exact) mass is 436 g/mol. The van der Waals surface area contributed by atoms with E-state index in [1.54, 1.807) is 30.0 Å². The van der Waals surface area contributed by atoms with E-state index >= 15 is 0 Å². The second-order valence-electron chi connectivity index (χ2n) is 7.36. The molecule has 4 rings (SSSR count). The number of aryl methyl sites for hydroxylation is 3. The van der Waals surface area contributed by atoms with Crippen LogP contribution in [0.1, 0.15) is 22.3 Å². The smallest absolute Gasteiger partial charge is 0.298 e. The van der Waals surface area contributed by atoms with E-state index in [2.05, 4.69) is 26.6 Å². The molecule has 0 radical (unpaired) electrons. The summed E-state index contributed by atoms with van der Waals surface area (Å²) in [6, 6.07) is 13.4. The molecule has 4 aromatic rings. The van der Waals surface area contributed by atoms with Crippen molar-refractivity contribution < 1.29 is 0 Å². The number of imidazole rings is 1. The molecule has 0 aliphatic carbocycles. The van der Waals surface area contributed by atoms with Crippen molar-refractivity contribution in [1.82, 2.24) is 19.1 Å². The van der Waals surface area contributed by atoms with Crippen LogP contribution in [0.25, 0.3) is 11.2 Å². The Labute approximate surface area is 182 Å². The number of nitrogens with one attached hydrogen (secondary N) is 2. The predicted molar refractivity (Wildman–Crippen MR) is 123 cm³/mol. The standard InChI is InChI=1S/C22H21ClN6O2/c1-13-4-5-14(2)16(10-13)12-29-18-19(28(3)22(31)26-20(18)30)25-21(29)27-24-11-15-6-8-17(23)9-7-15/h4-11H,12H2,1-3H3,(H,25,27)(H,26,30,31). The molecule has 0 bridgehead atoms. The highest BCUT2D eigenvalue weighted by Gasteiger charge is 2.18. The fourth-order valence-electron chi connectivity index (χ4n) is 3.33. The van der Waals surface area contributed by atoms with Gasteiger partial charge in [-0.2, -0.15) is 10.1 Å². The van der Waals surface area contributed by atoms with Crippen LogP contribution < -0.4 is 16.7 Å². The van der Waals surface area contributed by atoms with E-state index in [-0.39, 0.29) is 5.65 Å². The quantitative estimate of drug-likeness (QED) is 0.371. The molecule has 0 spiro atoms. The minimum Gasteiger partial charge on any atom is -0.298 e. The Kier molecular flexibility index (Phi) is 5.48. The molecule has 9 heteroatoms. The van der Waals surface area contributed by atoms with Crippen molar-refractivity contribution in [1.29, 1.82) is 0 Å². The van der Waals surface area contributed by atoms with Gasteiger partial charge in [-0.1, -0.05) is 47.5 Å². The Hall–Kier alpha value is -3.65. The lowest BCUT2D eigenvalue weighted by atomic mass is 10.1. The third-order valence-electron chi connectivity index (χ3n) is 5.09. The minimum absolute atomic E-state index is 0.281. The van der Waals surface area contributed by atoms with E-state index in [4.69, 9.17) is 11.6 Å². The fraction of sp³-hybridized carbons (Fsp3) is 0.182. The van der Waals surface area contributed by atoms with Crippen LogP contribution in [0.5, 0.6) is 0 Å². The van der Waals surface area contributed by atoms with E-state index in [1.165, 1.54) is 4.57 Å². The molecule has 2 heterocycles. The minimum atomic E-state index is -0.523. The Morgan fingerprint density at radius 3 is 2.65 bits per heavy atom. The van der Waals surface area contributed by atoms with Crippen molar-refractivity contribution in [2.24, 2.45) is 12.1 Å². The van der Waals surface area contributed by atoms with Crippen LogP contribution in [0, 0.1) is 13.8 Å². The number of nitrogens with zero attached hydrogens (tertiary/aromatic N) is 4. The number of anilines is 1. The largest absolute Gasteiger partial charge is 0.329 e. The van der Waals surface area contributed by atoms with E-state index in [1.807, 2.05) is 38.1 Å². The molecule has 0 amide bonds. The van der Waals surface area contributed by atoms with Gasteiger partial charge in [0.15, 0.2) is 11.2 Å². The Morgan fingerprint density at radius 2 is 1.90 bits per heavy atom. The zero-order valence-electron chi connectivity index (χ0n) is 17.3. The normalized spacial score (nSPS) is 11.5. The third kappa shape index (κ3) is 4.15. The maximum absolute atomic E-state index is 12.6. The van der Waals surface area contributed by atoms with Gasteiger partial charge in [-0.3, -0.25) is 18.9 Å². The number of hydrogen-bond acceptors (Lipinski definition) is 5. The topological polar surface area (TPSA) is 97.1 Å². The van der Waals surface area contributed by atoms with E-state index in [0.29, 0.717) is 23.0 Å². The molecule has 158 valence electrons. The number of aromatic nitrogens is 4.